The first-order valence-electron chi connectivity index (χ1n) is 7.62. The van der Waals surface area contributed by atoms with E-state index in [2.05, 4.69) is 34.1 Å². The highest BCUT2D eigenvalue weighted by molar-refractivity contribution is 5.85. The lowest BCUT2D eigenvalue weighted by Gasteiger charge is -2.43. The molecule has 1 aliphatic carbocycles. The predicted molar refractivity (Wildman–Crippen MR) is 79.5 cm³/mol. The third-order valence-electron chi connectivity index (χ3n) is 5.07. The van der Waals surface area contributed by atoms with E-state index in [-0.39, 0.29) is 11.9 Å². The number of hydrogen-bond donors (Lipinski definition) is 1. The second kappa shape index (κ2) is 4.37. The summed E-state index contributed by atoms with van der Waals surface area (Å²) in [7, 11) is 0. The molecule has 0 bridgehead atoms. The summed E-state index contributed by atoms with van der Waals surface area (Å²) in [6, 6.07) is 8.80. The van der Waals surface area contributed by atoms with Crippen molar-refractivity contribution in [2.24, 2.45) is 5.92 Å². The summed E-state index contributed by atoms with van der Waals surface area (Å²) in [6.07, 6.45) is 4.76. The van der Waals surface area contributed by atoms with Crippen molar-refractivity contribution in [3.05, 3.63) is 35.5 Å². The van der Waals surface area contributed by atoms with Gasteiger partial charge in [0.2, 0.25) is 5.91 Å². The molecule has 2 aliphatic rings. The molecule has 1 amide bonds. The molecule has 2 heterocycles. The fourth-order valence-electron chi connectivity index (χ4n) is 4.19. The number of hydrogen-bond acceptors (Lipinski definition) is 1. The number of rotatable bonds is 0. The number of para-hydroxylation sites is 1. The molecule has 1 fully saturated rings. The zero-order valence-corrected chi connectivity index (χ0v) is 11.9. The van der Waals surface area contributed by atoms with Crippen LogP contribution in [0.5, 0.6) is 0 Å². The van der Waals surface area contributed by atoms with Gasteiger partial charge >= 0.3 is 0 Å². The maximum atomic E-state index is 12.0. The summed E-state index contributed by atoms with van der Waals surface area (Å²) in [6.45, 7) is 2.62. The van der Waals surface area contributed by atoms with E-state index in [0.717, 1.165) is 19.4 Å². The SMILES string of the molecule is CC(=O)N1CCC[C@@H]2CCc3c([nH]c4ccccc34)[C@H]21. The van der Waals surface area contributed by atoms with E-state index in [4.69, 9.17) is 0 Å². The number of carbonyl (C=O) groups is 1. The molecule has 104 valence electrons. The largest absolute Gasteiger partial charge is 0.356 e. The first kappa shape index (κ1) is 12.0. The highest BCUT2D eigenvalue weighted by Crippen LogP contribution is 2.45. The van der Waals surface area contributed by atoms with Gasteiger partial charge in [0.1, 0.15) is 0 Å². The number of likely N-dealkylation sites (tertiary alicyclic amines) is 1. The number of aryl methyl sites for hydroxylation is 1. The Morgan fingerprint density at radius 1 is 1.30 bits per heavy atom. The lowest BCUT2D eigenvalue weighted by molar-refractivity contribution is -0.134. The van der Waals surface area contributed by atoms with Gasteiger partial charge in [-0.25, -0.2) is 0 Å². The zero-order chi connectivity index (χ0) is 13.7. The van der Waals surface area contributed by atoms with E-state index >= 15 is 0 Å². The molecule has 0 saturated carbocycles. The summed E-state index contributed by atoms with van der Waals surface area (Å²) >= 11 is 0. The lowest BCUT2D eigenvalue weighted by Crippen LogP contribution is -2.43. The van der Waals surface area contributed by atoms with Crippen molar-refractivity contribution in [3.8, 4) is 0 Å². The van der Waals surface area contributed by atoms with Crippen LogP contribution in [0.2, 0.25) is 0 Å². The molecule has 0 radical (unpaired) electrons. The average Bonchev–Trinajstić information content (AvgIpc) is 2.85. The first-order valence-corrected chi connectivity index (χ1v) is 7.62. The molecule has 2 atom stereocenters. The lowest BCUT2D eigenvalue weighted by atomic mass is 9.77. The van der Waals surface area contributed by atoms with E-state index in [9.17, 15) is 4.79 Å². The number of aromatic nitrogens is 1. The molecule has 3 nitrogen and oxygen atoms in total. The quantitative estimate of drug-likeness (QED) is 0.781. The van der Waals surface area contributed by atoms with Crippen molar-refractivity contribution < 1.29 is 4.79 Å². The number of nitrogens with zero attached hydrogens (tertiary/aromatic N) is 1. The molecule has 20 heavy (non-hydrogen) atoms. The Kier molecular flexibility index (Phi) is 2.62. The summed E-state index contributed by atoms with van der Waals surface area (Å²) in [5.41, 5.74) is 3.96. The molecular formula is C17H20N2O. The van der Waals surface area contributed by atoms with Gasteiger partial charge in [-0.2, -0.15) is 0 Å². The number of carbonyl (C=O) groups excluding carboxylic acids is 1. The van der Waals surface area contributed by atoms with E-state index in [1.165, 1.54) is 35.0 Å². The number of amides is 1. The van der Waals surface area contributed by atoms with E-state index in [0.29, 0.717) is 5.92 Å². The fourth-order valence-corrected chi connectivity index (χ4v) is 4.19. The second-order valence-electron chi connectivity index (χ2n) is 6.16. The van der Waals surface area contributed by atoms with Crippen LogP contribution in [0.3, 0.4) is 0 Å². The van der Waals surface area contributed by atoms with Crippen LogP contribution in [-0.4, -0.2) is 22.3 Å². The summed E-state index contributed by atoms with van der Waals surface area (Å²) in [4.78, 5) is 17.7. The van der Waals surface area contributed by atoms with Crippen molar-refractivity contribution in [2.45, 2.75) is 38.6 Å². The Balaban J connectivity index is 1.88. The van der Waals surface area contributed by atoms with Gasteiger partial charge < -0.3 is 9.88 Å². The second-order valence-corrected chi connectivity index (χ2v) is 6.16. The van der Waals surface area contributed by atoms with Gasteiger partial charge in [0, 0.05) is 30.1 Å². The smallest absolute Gasteiger partial charge is 0.220 e. The van der Waals surface area contributed by atoms with Gasteiger partial charge in [0.25, 0.3) is 0 Å². The van der Waals surface area contributed by atoms with Crippen LogP contribution in [0.15, 0.2) is 24.3 Å². The highest BCUT2D eigenvalue weighted by atomic mass is 16.2. The van der Waals surface area contributed by atoms with Gasteiger partial charge in [-0.1, -0.05) is 18.2 Å². The van der Waals surface area contributed by atoms with Crippen LogP contribution in [0.25, 0.3) is 10.9 Å². The summed E-state index contributed by atoms with van der Waals surface area (Å²) in [5, 5.41) is 1.34. The Hall–Kier alpha value is -1.77. The van der Waals surface area contributed by atoms with Crippen molar-refractivity contribution in [2.75, 3.05) is 6.54 Å². The van der Waals surface area contributed by atoms with Gasteiger partial charge in [-0.05, 0) is 43.2 Å². The topological polar surface area (TPSA) is 36.1 Å². The third-order valence-corrected chi connectivity index (χ3v) is 5.07. The molecule has 0 unspecified atom stereocenters. The number of nitrogens with one attached hydrogen (secondary N) is 1. The summed E-state index contributed by atoms with van der Waals surface area (Å²) < 4.78 is 0. The van der Waals surface area contributed by atoms with E-state index < -0.39 is 0 Å². The van der Waals surface area contributed by atoms with Crippen LogP contribution in [-0.2, 0) is 11.2 Å². The van der Waals surface area contributed by atoms with Crippen LogP contribution in [0, 0.1) is 5.92 Å². The molecule has 3 heteroatoms. The molecule has 1 aromatic carbocycles. The van der Waals surface area contributed by atoms with Crippen LogP contribution in [0.1, 0.15) is 43.5 Å². The Bertz CT molecular complexity index is 673. The number of fused-ring (bicyclic) bond motifs is 5. The van der Waals surface area contributed by atoms with Gasteiger partial charge in [0.05, 0.1) is 6.04 Å². The molecule has 1 N–H and O–H groups in total. The van der Waals surface area contributed by atoms with E-state index in [1.807, 2.05) is 0 Å². The van der Waals surface area contributed by atoms with Crippen LogP contribution >= 0.6 is 0 Å². The first-order chi connectivity index (χ1) is 9.75. The Labute approximate surface area is 119 Å². The molecule has 4 rings (SSSR count). The predicted octanol–water partition coefficient (Wildman–Crippen LogP) is 3.41. The standard InChI is InChI=1S/C17H20N2O/c1-11(20)19-10-4-5-12-8-9-14-13-6-2-3-7-15(13)18-16(14)17(12)19/h2-3,6-7,12,17-18H,4-5,8-10H2,1H3/t12-,17+/m1/s1. The molecule has 1 aliphatic heterocycles. The fraction of sp³-hybridized carbons (Fsp3) is 0.471. The number of benzene rings is 1. The number of aromatic amines is 1. The molecule has 2 aromatic rings. The minimum absolute atomic E-state index is 0.214. The van der Waals surface area contributed by atoms with E-state index in [1.54, 1.807) is 6.92 Å². The molecule has 1 saturated heterocycles. The van der Waals surface area contributed by atoms with Crippen molar-refractivity contribution in [3.63, 3.8) is 0 Å². The number of H-pyrrole nitrogens is 1. The normalized spacial score (nSPS) is 25.4. The van der Waals surface area contributed by atoms with Gasteiger partial charge in [0.15, 0.2) is 0 Å². The highest BCUT2D eigenvalue weighted by Gasteiger charge is 2.39. The molecule has 0 spiro atoms. The molecule has 1 aromatic heterocycles. The van der Waals surface area contributed by atoms with Crippen LogP contribution < -0.4 is 0 Å². The van der Waals surface area contributed by atoms with Crippen molar-refractivity contribution in [1.82, 2.24) is 9.88 Å². The molecular weight excluding hydrogens is 248 g/mol. The van der Waals surface area contributed by atoms with Gasteiger partial charge in [-0.15, -0.1) is 0 Å². The minimum Gasteiger partial charge on any atom is -0.356 e. The maximum absolute atomic E-state index is 12.0. The minimum atomic E-state index is 0.214. The van der Waals surface area contributed by atoms with Crippen LogP contribution in [0.4, 0.5) is 0 Å². The number of piperidine rings is 1. The zero-order valence-electron chi connectivity index (χ0n) is 11.9. The van der Waals surface area contributed by atoms with Gasteiger partial charge in [-0.3, -0.25) is 4.79 Å². The maximum Gasteiger partial charge on any atom is 0.220 e. The average molecular weight is 268 g/mol. The Morgan fingerprint density at radius 2 is 2.15 bits per heavy atom. The van der Waals surface area contributed by atoms with Crippen molar-refractivity contribution in [1.29, 1.82) is 0 Å². The van der Waals surface area contributed by atoms with Crippen molar-refractivity contribution >= 4 is 16.8 Å². The Morgan fingerprint density at radius 3 is 3.00 bits per heavy atom. The summed E-state index contributed by atoms with van der Waals surface area (Å²) in [5.74, 6) is 0.847. The monoisotopic (exact) mass is 268 g/mol. The third kappa shape index (κ3) is 1.62.